The number of nitrogens with one attached hydrogen (secondary N) is 1. The van der Waals surface area contributed by atoms with E-state index >= 15 is 0 Å². The van der Waals surface area contributed by atoms with Crippen molar-refractivity contribution in [1.29, 1.82) is 0 Å². The number of nitrogens with zero attached hydrogens (tertiary/aromatic N) is 4. The Morgan fingerprint density at radius 2 is 1.81 bits per heavy atom. The predicted octanol–water partition coefficient (Wildman–Crippen LogP) is 1.53. The predicted molar refractivity (Wildman–Crippen MR) is 143 cm³/mol. The van der Waals surface area contributed by atoms with Crippen LogP contribution in [0.1, 0.15) is 49.4 Å². The van der Waals surface area contributed by atoms with Gasteiger partial charge in [-0.2, -0.15) is 13.2 Å². The minimum absolute atomic E-state index is 0.0304. The van der Waals surface area contributed by atoms with Crippen LogP contribution in [0.4, 0.5) is 24.8 Å². The van der Waals surface area contributed by atoms with Gasteiger partial charge in [-0.05, 0) is 38.8 Å². The molecule has 0 aliphatic rings. The topological polar surface area (TPSA) is 191 Å². The van der Waals surface area contributed by atoms with Crippen molar-refractivity contribution < 1.29 is 46.7 Å². The number of aryl methyl sites for hydroxylation is 2. The van der Waals surface area contributed by atoms with Gasteiger partial charge >= 0.3 is 12.1 Å². The number of methoxy groups -OCH3 is 1. The molecule has 17 heteroatoms. The van der Waals surface area contributed by atoms with Crippen molar-refractivity contribution in [2.45, 2.75) is 58.9 Å². The number of nitrogen functional groups attached to an aromatic ring is 2. The van der Waals surface area contributed by atoms with Crippen molar-refractivity contribution in [3.05, 3.63) is 34.9 Å². The molecule has 0 aliphatic heterocycles. The van der Waals surface area contributed by atoms with Crippen LogP contribution in [0, 0.1) is 0 Å². The molecule has 230 valence electrons. The first-order valence-corrected chi connectivity index (χ1v) is 13.0. The minimum Gasteiger partial charge on any atom is -0.542 e. The van der Waals surface area contributed by atoms with Gasteiger partial charge in [0.15, 0.2) is 33.5 Å². The molecule has 0 fully saturated rings. The largest absolute Gasteiger partial charge is 0.542 e. The van der Waals surface area contributed by atoms with E-state index in [1.54, 1.807) is 0 Å². The van der Waals surface area contributed by atoms with E-state index in [1.165, 1.54) is 7.11 Å². The van der Waals surface area contributed by atoms with E-state index in [1.807, 2.05) is 32.0 Å². The van der Waals surface area contributed by atoms with Crippen molar-refractivity contribution >= 4 is 52.1 Å². The lowest BCUT2D eigenvalue weighted by Gasteiger charge is -2.08. The fourth-order valence-electron chi connectivity index (χ4n) is 3.87. The summed E-state index contributed by atoms with van der Waals surface area (Å²) >= 11 is 5.91. The standard InChI is InChI=1S/C23H30ClN7O4.C2HF3O2/c1-4-30-15-10-9-14(35-11-7-6-8-18(32)34-3)12-16(15)31(5-2)17(30)13-27-23(33)19-21(25)29-22(26)20(24)28-19;3-2(4,5)1(6)7/h9-10,12H,4-8,11,13H2,1-3H3,(H4-,25,26,27,29,33);(H,6,7). The average Bonchev–Trinajstić information content (AvgIpc) is 3.24. The number of nitrogens with two attached hydrogens (primary N) is 2. The van der Waals surface area contributed by atoms with Crippen LogP contribution in [-0.4, -0.2) is 52.3 Å². The van der Waals surface area contributed by atoms with Crippen molar-refractivity contribution in [2.75, 3.05) is 25.2 Å². The van der Waals surface area contributed by atoms with Gasteiger partial charge < -0.3 is 36.2 Å². The summed E-state index contributed by atoms with van der Waals surface area (Å²) in [6.07, 6.45) is -3.37. The number of carboxylic acid groups (broad SMARTS) is 1. The Morgan fingerprint density at radius 1 is 1.14 bits per heavy atom. The van der Waals surface area contributed by atoms with E-state index in [4.69, 9.17) is 37.7 Å². The van der Waals surface area contributed by atoms with Gasteiger partial charge in [0, 0.05) is 12.5 Å². The molecule has 5 N–H and O–H groups in total. The fourth-order valence-corrected chi connectivity index (χ4v) is 4.00. The second kappa shape index (κ2) is 15.0. The van der Waals surface area contributed by atoms with Crippen LogP contribution in [0.15, 0.2) is 18.2 Å². The number of aromatic nitrogens is 4. The number of hydrogen-bond acceptors (Lipinski definition) is 10. The smallest absolute Gasteiger partial charge is 0.430 e. The number of rotatable bonds is 11. The fraction of sp³-hybridized carbons (Fsp3) is 0.440. The van der Waals surface area contributed by atoms with E-state index in [0.29, 0.717) is 32.5 Å². The van der Waals surface area contributed by atoms with E-state index in [0.717, 1.165) is 29.0 Å². The second-order valence-electron chi connectivity index (χ2n) is 8.54. The van der Waals surface area contributed by atoms with Crippen LogP contribution in [0.2, 0.25) is 5.15 Å². The molecule has 0 radical (unpaired) electrons. The normalized spacial score (nSPS) is 11.0. The summed E-state index contributed by atoms with van der Waals surface area (Å²) < 4.78 is 46.4. The molecular weight excluding hydrogens is 587 g/mol. The minimum atomic E-state index is -5.19. The molecule has 1 aromatic carbocycles. The molecular formula is C25H31ClF3N7O6. The van der Waals surface area contributed by atoms with Gasteiger partial charge in [0.2, 0.25) is 0 Å². The summed E-state index contributed by atoms with van der Waals surface area (Å²) in [5.41, 5.74) is 13.3. The number of aliphatic carboxylic acids is 1. The number of anilines is 2. The first-order chi connectivity index (χ1) is 19.7. The lowest BCUT2D eigenvalue weighted by molar-refractivity contribution is -0.676. The molecule has 13 nitrogen and oxygen atoms in total. The number of imidazole rings is 1. The summed E-state index contributed by atoms with van der Waals surface area (Å²) in [5.74, 6) is -2.20. The van der Waals surface area contributed by atoms with Crippen LogP contribution in [-0.2, 0) is 34.0 Å². The number of benzene rings is 1. The van der Waals surface area contributed by atoms with Crippen LogP contribution >= 0.6 is 11.6 Å². The van der Waals surface area contributed by atoms with Crippen molar-refractivity contribution in [3.63, 3.8) is 0 Å². The lowest BCUT2D eigenvalue weighted by atomic mass is 10.2. The number of fused-ring (bicyclic) bond motifs is 1. The maximum absolute atomic E-state index is 12.7. The first kappa shape index (κ1) is 33.9. The van der Waals surface area contributed by atoms with Crippen molar-refractivity contribution in [2.24, 2.45) is 0 Å². The van der Waals surface area contributed by atoms with Crippen LogP contribution in [0.3, 0.4) is 0 Å². The van der Waals surface area contributed by atoms with Gasteiger partial charge in [-0.15, -0.1) is 0 Å². The summed E-state index contributed by atoms with van der Waals surface area (Å²) in [6.45, 7) is 6.21. The van der Waals surface area contributed by atoms with Crippen molar-refractivity contribution in [3.8, 4) is 5.75 Å². The number of carboxylic acids is 1. The van der Waals surface area contributed by atoms with Crippen LogP contribution in [0.5, 0.6) is 5.75 Å². The summed E-state index contributed by atoms with van der Waals surface area (Å²) in [4.78, 5) is 40.6. The van der Waals surface area contributed by atoms with Gasteiger partial charge in [-0.25, -0.2) is 19.1 Å². The van der Waals surface area contributed by atoms with E-state index in [-0.39, 0.29) is 35.0 Å². The average molecular weight is 618 g/mol. The van der Waals surface area contributed by atoms with Gasteiger partial charge in [-0.1, -0.05) is 11.6 Å². The Labute approximate surface area is 243 Å². The number of halogens is 4. The third kappa shape index (κ3) is 8.83. The molecule has 0 saturated heterocycles. The Morgan fingerprint density at radius 3 is 2.38 bits per heavy atom. The van der Waals surface area contributed by atoms with E-state index in [9.17, 15) is 22.8 Å². The number of carbonyl (C=O) groups excluding carboxylic acids is 3. The molecule has 0 saturated carbocycles. The maximum atomic E-state index is 12.7. The molecule has 0 aliphatic carbocycles. The Kier molecular flexibility index (Phi) is 12.1. The highest BCUT2D eigenvalue weighted by molar-refractivity contribution is 6.31. The van der Waals surface area contributed by atoms with Gasteiger partial charge in [0.1, 0.15) is 18.3 Å². The van der Waals surface area contributed by atoms with Gasteiger partial charge in [0.25, 0.3) is 11.7 Å². The highest BCUT2D eigenvalue weighted by atomic mass is 35.5. The highest BCUT2D eigenvalue weighted by Crippen LogP contribution is 2.22. The van der Waals surface area contributed by atoms with Gasteiger partial charge in [-0.3, -0.25) is 9.59 Å². The van der Waals surface area contributed by atoms with E-state index < -0.39 is 18.1 Å². The quantitative estimate of drug-likeness (QED) is 0.161. The molecule has 0 spiro atoms. The number of ether oxygens (including phenoxy) is 2. The summed E-state index contributed by atoms with van der Waals surface area (Å²) in [5, 5.41) is 11.6. The molecule has 1 amide bonds. The third-order valence-corrected chi connectivity index (χ3v) is 6.09. The molecule has 0 bridgehead atoms. The number of esters is 1. The molecule has 2 heterocycles. The number of alkyl halides is 3. The zero-order chi connectivity index (χ0) is 31.6. The Hall–Kier alpha value is -4.34. The van der Waals surface area contributed by atoms with Crippen molar-refractivity contribution in [1.82, 2.24) is 19.9 Å². The lowest BCUT2D eigenvalue weighted by Crippen LogP contribution is -2.40. The molecule has 0 unspecified atom stereocenters. The SMILES string of the molecule is CCn1c(CNC(=O)c2nc(Cl)c(N)nc2N)[n+](CC)c2ccc(OCCCCC(=O)OC)cc21.O=C([O-])C(F)(F)F. The molecule has 3 aromatic rings. The summed E-state index contributed by atoms with van der Waals surface area (Å²) in [7, 11) is 1.39. The van der Waals surface area contributed by atoms with Gasteiger partial charge in [0.05, 0.1) is 26.8 Å². The zero-order valence-electron chi connectivity index (χ0n) is 23.1. The molecule has 0 atom stereocenters. The number of unbranched alkanes of at least 4 members (excludes halogenated alkanes) is 1. The number of carbonyl (C=O) groups is 3. The number of amides is 1. The molecule has 42 heavy (non-hydrogen) atoms. The zero-order valence-corrected chi connectivity index (χ0v) is 23.8. The Balaban J connectivity index is 0.000000782. The first-order valence-electron chi connectivity index (χ1n) is 12.6. The summed E-state index contributed by atoms with van der Waals surface area (Å²) in [6, 6.07) is 5.91. The Bertz CT molecular complexity index is 1430. The maximum Gasteiger partial charge on any atom is 0.430 e. The third-order valence-electron chi connectivity index (χ3n) is 5.81. The molecule has 3 rings (SSSR count). The van der Waals surface area contributed by atoms with Crippen LogP contribution < -0.4 is 31.2 Å². The number of hydrogen-bond donors (Lipinski definition) is 3. The molecule has 2 aromatic heterocycles. The van der Waals surface area contributed by atoms with E-state index in [2.05, 4.69) is 29.2 Å². The second-order valence-corrected chi connectivity index (χ2v) is 8.90. The van der Waals surface area contributed by atoms with Crippen LogP contribution in [0.25, 0.3) is 11.0 Å². The highest BCUT2D eigenvalue weighted by Gasteiger charge is 2.29. The monoisotopic (exact) mass is 617 g/mol.